The first-order valence-electron chi connectivity index (χ1n) is 7.93. The van der Waals surface area contributed by atoms with Gasteiger partial charge in [0.25, 0.3) is 0 Å². The number of aliphatic carboxylic acids is 1. The Bertz CT molecular complexity index is 737. The molecular formula is C16H17N3O5S. The summed E-state index contributed by atoms with van der Waals surface area (Å²) in [5.74, 6) is -2.00. The van der Waals surface area contributed by atoms with Gasteiger partial charge in [-0.3, -0.25) is 9.59 Å². The maximum Gasteiger partial charge on any atom is 0.353 e. The molecule has 0 aromatic carbocycles. The van der Waals surface area contributed by atoms with E-state index in [-0.39, 0.29) is 42.6 Å². The van der Waals surface area contributed by atoms with Crippen molar-refractivity contribution >= 4 is 29.6 Å². The SMILES string of the molecule is CCC(=O)OCCC1C(=O)N2C(C(=O)O)=C(Sc3ncccn3)CC12. The summed E-state index contributed by atoms with van der Waals surface area (Å²) in [5.41, 5.74) is 0.00857. The fourth-order valence-corrected chi connectivity index (χ4v) is 4.00. The largest absolute Gasteiger partial charge is 0.477 e. The van der Waals surface area contributed by atoms with Gasteiger partial charge in [-0.15, -0.1) is 0 Å². The summed E-state index contributed by atoms with van der Waals surface area (Å²) in [6, 6.07) is 1.47. The first kappa shape index (κ1) is 17.4. The molecule has 9 heteroatoms. The first-order valence-corrected chi connectivity index (χ1v) is 8.74. The average molecular weight is 363 g/mol. The third-order valence-electron chi connectivity index (χ3n) is 4.19. The number of rotatable bonds is 7. The van der Waals surface area contributed by atoms with Crippen LogP contribution in [0.15, 0.2) is 34.2 Å². The van der Waals surface area contributed by atoms with Gasteiger partial charge in [0, 0.05) is 30.1 Å². The number of amides is 1. The van der Waals surface area contributed by atoms with E-state index < -0.39 is 5.97 Å². The Morgan fingerprint density at radius 1 is 1.40 bits per heavy atom. The van der Waals surface area contributed by atoms with Gasteiger partial charge in [0.05, 0.1) is 18.6 Å². The lowest BCUT2D eigenvalue weighted by atomic mass is 9.85. The van der Waals surface area contributed by atoms with Crippen LogP contribution >= 0.6 is 11.8 Å². The van der Waals surface area contributed by atoms with Crippen LogP contribution in [0.4, 0.5) is 0 Å². The number of carboxylic acid groups (broad SMARTS) is 1. The second kappa shape index (κ2) is 7.22. The minimum Gasteiger partial charge on any atom is -0.477 e. The number of carbonyl (C=O) groups is 3. The molecule has 0 radical (unpaired) electrons. The van der Waals surface area contributed by atoms with Crippen molar-refractivity contribution in [3.63, 3.8) is 0 Å². The first-order chi connectivity index (χ1) is 12.0. The zero-order valence-electron chi connectivity index (χ0n) is 13.5. The second-order valence-electron chi connectivity index (χ2n) is 5.66. The van der Waals surface area contributed by atoms with E-state index >= 15 is 0 Å². The Morgan fingerprint density at radius 3 is 2.76 bits per heavy atom. The predicted octanol–water partition coefficient (Wildman–Crippen LogP) is 1.44. The van der Waals surface area contributed by atoms with Gasteiger partial charge in [-0.05, 0) is 12.5 Å². The number of carbonyl (C=O) groups excluding carboxylic acids is 2. The molecule has 2 aliphatic rings. The molecule has 0 bridgehead atoms. The molecule has 8 nitrogen and oxygen atoms in total. The molecule has 1 fully saturated rings. The molecule has 0 spiro atoms. The Balaban J connectivity index is 1.69. The van der Waals surface area contributed by atoms with Crippen LogP contribution in [0.2, 0.25) is 0 Å². The molecule has 3 heterocycles. The molecule has 1 amide bonds. The summed E-state index contributed by atoms with van der Waals surface area (Å²) in [5, 5.41) is 9.94. The highest BCUT2D eigenvalue weighted by Gasteiger charge is 2.55. The van der Waals surface area contributed by atoms with Crippen LogP contribution in [0.1, 0.15) is 26.2 Å². The summed E-state index contributed by atoms with van der Waals surface area (Å²) in [6.07, 6.45) is 4.30. The van der Waals surface area contributed by atoms with Crippen molar-refractivity contribution in [2.45, 2.75) is 37.4 Å². The lowest BCUT2D eigenvalue weighted by molar-refractivity contribution is -0.157. The number of ether oxygens (including phenoxy) is 1. The lowest BCUT2D eigenvalue weighted by Gasteiger charge is -2.43. The van der Waals surface area contributed by atoms with Gasteiger partial charge < -0.3 is 14.7 Å². The average Bonchev–Trinajstić information content (AvgIpc) is 2.94. The highest BCUT2D eigenvalue weighted by Crippen LogP contribution is 2.48. The van der Waals surface area contributed by atoms with E-state index in [0.717, 1.165) is 0 Å². The molecule has 132 valence electrons. The number of aromatic nitrogens is 2. The van der Waals surface area contributed by atoms with Crippen molar-refractivity contribution in [2.75, 3.05) is 6.61 Å². The molecule has 0 saturated carbocycles. The predicted molar refractivity (Wildman–Crippen MR) is 87.2 cm³/mol. The summed E-state index contributed by atoms with van der Waals surface area (Å²) in [6.45, 7) is 1.87. The number of hydrogen-bond donors (Lipinski definition) is 1. The van der Waals surface area contributed by atoms with E-state index in [1.807, 2.05) is 0 Å². The van der Waals surface area contributed by atoms with Crippen molar-refractivity contribution in [1.29, 1.82) is 0 Å². The van der Waals surface area contributed by atoms with Crippen molar-refractivity contribution in [3.8, 4) is 0 Å². The number of nitrogens with zero attached hydrogens (tertiary/aromatic N) is 3. The molecule has 2 atom stereocenters. The Kier molecular flexibility index (Phi) is 5.03. The molecular weight excluding hydrogens is 346 g/mol. The van der Waals surface area contributed by atoms with Crippen LogP contribution in [0.5, 0.6) is 0 Å². The fourth-order valence-electron chi connectivity index (χ4n) is 3.01. The number of esters is 1. The summed E-state index contributed by atoms with van der Waals surface area (Å²) in [7, 11) is 0. The van der Waals surface area contributed by atoms with Crippen LogP contribution < -0.4 is 0 Å². The van der Waals surface area contributed by atoms with Gasteiger partial charge in [-0.1, -0.05) is 18.7 Å². The van der Waals surface area contributed by atoms with Gasteiger partial charge in [0.15, 0.2) is 5.16 Å². The summed E-state index contributed by atoms with van der Waals surface area (Å²) < 4.78 is 5.03. The molecule has 1 N–H and O–H groups in total. The normalized spacial score (nSPS) is 21.8. The minimum absolute atomic E-state index is 0.00857. The Morgan fingerprint density at radius 2 is 2.12 bits per heavy atom. The van der Waals surface area contributed by atoms with E-state index in [2.05, 4.69) is 9.97 Å². The number of fused-ring (bicyclic) bond motifs is 1. The summed E-state index contributed by atoms with van der Waals surface area (Å²) in [4.78, 5) is 45.2. The smallest absolute Gasteiger partial charge is 0.353 e. The Labute approximate surface area is 148 Å². The van der Waals surface area contributed by atoms with Gasteiger partial charge >= 0.3 is 11.9 Å². The zero-order valence-corrected chi connectivity index (χ0v) is 14.4. The van der Waals surface area contributed by atoms with Crippen LogP contribution in [0, 0.1) is 5.92 Å². The van der Waals surface area contributed by atoms with E-state index in [9.17, 15) is 19.5 Å². The van der Waals surface area contributed by atoms with Crippen LogP contribution in [0.25, 0.3) is 0 Å². The molecule has 25 heavy (non-hydrogen) atoms. The van der Waals surface area contributed by atoms with E-state index in [0.29, 0.717) is 22.9 Å². The highest BCUT2D eigenvalue weighted by molar-refractivity contribution is 8.03. The number of hydrogen-bond acceptors (Lipinski definition) is 7. The quantitative estimate of drug-likeness (QED) is 0.440. The number of carboxylic acids is 1. The fraction of sp³-hybridized carbons (Fsp3) is 0.438. The summed E-state index contributed by atoms with van der Waals surface area (Å²) >= 11 is 1.17. The van der Waals surface area contributed by atoms with E-state index in [1.165, 1.54) is 16.7 Å². The van der Waals surface area contributed by atoms with Crippen molar-refractivity contribution in [2.24, 2.45) is 5.92 Å². The molecule has 3 rings (SSSR count). The van der Waals surface area contributed by atoms with Gasteiger partial charge in [0.1, 0.15) is 5.70 Å². The zero-order chi connectivity index (χ0) is 18.0. The van der Waals surface area contributed by atoms with E-state index in [4.69, 9.17) is 4.74 Å². The molecule has 2 aliphatic heterocycles. The van der Waals surface area contributed by atoms with Crippen LogP contribution in [-0.2, 0) is 19.1 Å². The van der Waals surface area contributed by atoms with Crippen LogP contribution in [0.3, 0.4) is 0 Å². The minimum atomic E-state index is -1.13. The molecule has 1 aromatic heterocycles. The van der Waals surface area contributed by atoms with Crippen molar-refractivity contribution < 1.29 is 24.2 Å². The molecule has 0 aliphatic carbocycles. The van der Waals surface area contributed by atoms with Gasteiger partial charge in [-0.2, -0.15) is 0 Å². The molecule has 1 aromatic rings. The topological polar surface area (TPSA) is 110 Å². The third-order valence-corrected chi connectivity index (χ3v) is 5.19. The van der Waals surface area contributed by atoms with Crippen molar-refractivity contribution in [3.05, 3.63) is 29.1 Å². The number of thioether (sulfide) groups is 1. The van der Waals surface area contributed by atoms with Gasteiger partial charge in [-0.25, -0.2) is 14.8 Å². The van der Waals surface area contributed by atoms with E-state index in [1.54, 1.807) is 25.4 Å². The standard InChI is InChI=1S/C16H17N3O5S/c1-2-12(20)24-7-4-9-10-8-11(25-16-17-5-3-6-18-16)13(15(22)23)19(10)14(9)21/h3,5-6,9-10H,2,4,7-8H2,1H3,(H,22,23). The molecule has 2 unspecified atom stereocenters. The number of β-lactam (4-membered cyclic amide) rings is 1. The maximum atomic E-state index is 12.3. The van der Waals surface area contributed by atoms with Crippen molar-refractivity contribution in [1.82, 2.24) is 14.9 Å². The highest BCUT2D eigenvalue weighted by atomic mass is 32.2. The molecule has 1 saturated heterocycles. The maximum absolute atomic E-state index is 12.3. The Hall–Kier alpha value is -2.42. The lowest BCUT2D eigenvalue weighted by Crippen LogP contribution is -2.58. The van der Waals surface area contributed by atoms with Gasteiger partial charge in [0.2, 0.25) is 5.91 Å². The monoisotopic (exact) mass is 363 g/mol. The second-order valence-corrected chi connectivity index (χ2v) is 6.72. The third kappa shape index (κ3) is 3.37. The van der Waals surface area contributed by atoms with Crippen LogP contribution in [-0.4, -0.2) is 50.5 Å².